The number of halogens is 1. The molecule has 0 saturated carbocycles. The normalized spacial score (nSPS) is 11.8. The monoisotopic (exact) mass is 406 g/mol. The maximum Gasteiger partial charge on any atom is 0.243 e. The van der Waals surface area contributed by atoms with Gasteiger partial charge in [0.2, 0.25) is 10.0 Å². The fourth-order valence-corrected chi connectivity index (χ4v) is 3.91. The summed E-state index contributed by atoms with van der Waals surface area (Å²) in [4.78, 5) is 4.29. The van der Waals surface area contributed by atoms with Crippen molar-refractivity contribution in [3.8, 4) is 0 Å². The van der Waals surface area contributed by atoms with Crippen molar-refractivity contribution in [2.24, 2.45) is 0 Å². The van der Waals surface area contributed by atoms with Gasteiger partial charge in [0.05, 0.1) is 17.7 Å². The van der Waals surface area contributed by atoms with Gasteiger partial charge in [0.15, 0.2) is 0 Å². The molecule has 5 nitrogen and oxygen atoms in total. The summed E-state index contributed by atoms with van der Waals surface area (Å²) in [6, 6.07) is 13.7. The first-order valence-electron chi connectivity index (χ1n) is 7.23. The molecule has 124 valence electrons. The third kappa shape index (κ3) is 3.92. The van der Waals surface area contributed by atoms with Crippen molar-refractivity contribution >= 4 is 26.0 Å². The first-order chi connectivity index (χ1) is 11.6. The Bertz CT molecular complexity index is 879. The highest BCUT2D eigenvalue weighted by atomic mass is 79.9. The summed E-state index contributed by atoms with van der Waals surface area (Å²) in [6.07, 6.45) is 4.85. The van der Waals surface area contributed by atoms with Gasteiger partial charge in [0.25, 0.3) is 0 Å². The van der Waals surface area contributed by atoms with Crippen LogP contribution in [-0.2, 0) is 23.1 Å². The maximum absolute atomic E-state index is 13.0. The Morgan fingerprint density at radius 1 is 1.04 bits per heavy atom. The SMILES string of the molecule is O=S(=O)(c1ccc(Br)cc1)N(Cc1cccnc1)Cc1ccco1. The number of rotatable bonds is 6. The van der Waals surface area contributed by atoms with Gasteiger partial charge in [-0.05, 0) is 48.0 Å². The third-order valence-corrected chi connectivity index (χ3v) is 5.78. The lowest BCUT2D eigenvalue weighted by molar-refractivity contribution is 0.358. The first-order valence-corrected chi connectivity index (χ1v) is 9.46. The van der Waals surface area contributed by atoms with Crippen LogP contribution in [0.1, 0.15) is 11.3 Å². The lowest BCUT2D eigenvalue weighted by atomic mass is 10.3. The predicted octanol–water partition coefficient (Wildman–Crippen LogP) is 3.83. The highest BCUT2D eigenvalue weighted by Crippen LogP contribution is 2.22. The van der Waals surface area contributed by atoms with Crippen LogP contribution < -0.4 is 0 Å². The van der Waals surface area contributed by atoms with E-state index in [1.165, 1.54) is 10.6 Å². The Morgan fingerprint density at radius 2 is 1.83 bits per heavy atom. The van der Waals surface area contributed by atoms with Gasteiger partial charge in [-0.1, -0.05) is 22.0 Å². The van der Waals surface area contributed by atoms with Crippen LogP contribution in [0.2, 0.25) is 0 Å². The summed E-state index contributed by atoms with van der Waals surface area (Å²) >= 11 is 3.32. The molecule has 0 saturated heterocycles. The first kappa shape index (κ1) is 16.9. The Labute approximate surface area is 149 Å². The van der Waals surface area contributed by atoms with Crippen molar-refractivity contribution in [2.75, 3.05) is 0 Å². The van der Waals surface area contributed by atoms with Gasteiger partial charge in [-0.2, -0.15) is 4.31 Å². The number of aromatic nitrogens is 1. The summed E-state index contributed by atoms with van der Waals surface area (Å²) < 4.78 is 33.6. The zero-order chi connectivity index (χ0) is 17.0. The molecular formula is C17H15BrN2O3S. The number of sulfonamides is 1. The molecule has 0 aliphatic rings. The van der Waals surface area contributed by atoms with E-state index in [2.05, 4.69) is 20.9 Å². The lowest BCUT2D eigenvalue weighted by Gasteiger charge is -2.21. The second kappa shape index (κ2) is 7.29. The minimum atomic E-state index is -3.67. The molecule has 0 N–H and O–H groups in total. The fraction of sp³-hybridized carbons (Fsp3) is 0.118. The topological polar surface area (TPSA) is 63.4 Å². The molecule has 2 aromatic heterocycles. The third-order valence-electron chi connectivity index (χ3n) is 3.45. The van der Waals surface area contributed by atoms with Crippen LogP contribution in [0, 0.1) is 0 Å². The Morgan fingerprint density at radius 3 is 2.46 bits per heavy atom. The molecule has 24 heavy (non-hydrogen) atoms. The number of pyridine rings is 1. The van der Waals surface area contributed by atoms with Crippen molar-refractivity contribution in [1.29, 1.82) is 0 Å². The number of benzene rings is 1. The van der Waals surface area contributed by atoms with Crippen LogP contribution in [0.15, 0.2) is 81.0 Å². The summed E-state index contributed by atoms with van der Waals surface area (Å²) in [5.41, 5.74) is 0.810. The zero-order valence-electron chi connectivity index (χ0n) is 12.7. The van der Waals surface area contributed by atoms with Gasteiger partial charge >= 0.3 is 0 Å². The van der Waals surface area contributed by atoms with E-state index in [1.54, 1.807) is 54.9 Å². The molecule has 3 aromatic rings. The molecule has 7 heteroatoms. The van der Waals surface area contributed by atoms with Gasteiger partial charge in [0.1, 0.15) is 5.76 Å². The molecule has 0 amide bonds. The van der Waals surface area contributed by atoms with Crippen LogP contribution in [0.3, 0.4) is 0 Å². The number of hydrogen-bond donors (Lipinski definition) is 0. The Kier molecular flexibility index (Phi) is 5.13. The molecule has 0 unspecified atom stereocenters. The van der Waals surface area contributed by atoms with E-state index >= 15 is 0 Å². The molecule has 0 bridgehead atoms. The van der Waals surface area contributed by atoms with Crippen LogP contribution >= 0.6 is 15.9 Å². The van der Waals surface area contributed by atoms with Crippen LogP contribution in [0.25, 0.3) is 0 Å². The highest BCUT2D eigenvalue weighted by Gasteiger charge is 2.25. The van der Waals surface area contributed by atoms with E-state index in [-0.39, 0.29) is 18.0 Å². The number of hydrogen-bond acceptors (Lipinski definition) is 4. The Hall–Kier alpha value is -1.96. The van der Waals surface area contributed by atoms with Crippen LogP contribution in [-0.4, -0.2) is 17.7 Å². The summed E-state index contributed by atoms with van der Waals surface area (Å²) in [5.74, 6) is 0.583. The molecule has 0 aliphatic heterocycles. The molecule has 0 spiro atoms. The zero-order valence-corrected chi connectivity index (χ0v) is 15.1. The standard InChI is InChI=1S/C17H15BrN2O3S/c18-15-5-7-17(8-6-15)24(21,22)20(13-16-4-2-10-23-16)12-14-3-1-9-19-11-14/h1-11H,12-13H2. The van der Waals surface area contributed by atoms with Gasteiger partial charge in [-0.3, -0.25) is 4.98 Å². The molecular weight excluding hydrogens is 392 g/mol. The second-order valence-electron chi connectivity index (χ2n) is 5.17. The van der Waals surface area contributed by atoms with E-state index in [1.807, 2.05) is 6.07 Å². The predicted molar refractivity (Wildman–Crippen MR) is 93.5 cm³/mol. The van der Waals surface area contributed by atoms with E-state index in [0.717, 1.165) is 10.0 Å². The largest absolute Gasteiger partial charge is 0.468 e. The summed E-state index contributed by atoms with van der Waals surface area (Å²) in [6.45, 7) is 0.368. The maximum atomic E-state index is 13.0. The van der Waals surface area contributed by atoms with Crippen molar-refractivity contribution in [1.82, 2.24) is 9.29 Å². The minimum absolute atomic E-state index is 0.153. The molecule has 0 aliphatic carbocycles. The average molecular weight is 407 g/mol. The Balaban J connectivity index is 1.94. The molecule has 0 atom stereocenters. The lowest BCUT2D eigenvalue weighted by Crippen LogP contribution is -2.30. The van der Waals surface area contributed by atoms with Crippen LogP contribution in [0.4, 0.5) is 0 Å². The van der Waals surface area contributed by atoms with Gasteiger partial charge in [-0.25, -0.2) is 8.42 Å². The summed E-state index contributed by atoms with van der Waals surface area (Å²) in [7, 11) is -3.67. The average Bonchev–Trinajstić information content (AvgIpc) is 3.09. The van der Waals surface area contributed by atoms with Gasteiger partial charge < -0.3 is 4.42 Å². The van der Waals surface area contributed by atoms with Crippen LogP contribution in [0.5, 0.6) is 0 Å². The van der Waals surface area contributed by atoms with Crippen molar-refractivity contribution in [3.63, 3.8) is 0 Å². The highest BCUT2D eigenvalue weighted by molar-refractivity contribution is 9.10. The number of nitrogens with zero attached hydrogens (tertiary/aromatic N) is 2. The molecule has 2 heterocycles. The van der Waals surface area contributed by atoms with Crippen molar-refractivity contribution < 1.29 is 12.8 Å². The van der Waals surface area contributed by atoms with Crippen molar-refractivity contribution in [3.05, 3.63) is 83.0 Å². The summed E-state index contributed by atoms with van der Waals surface area (Å²) in [5, 5.41) is 0. The molecule has 0 fully saturated rings. The smallest absolute Gasteiger partial charge is 0.243 e. The van der Waals surface area contributed by atoms with E-state index in [9.17, 15) is 8.42 Å². The fourth-order valence-electron chi connectivity index (χ4n) is 2.25. The quantitative estimate of drug-likeness (QED) is 0.623. The van der Waals surface area contributed by atoms with E-state index in [4.69, 9.17) is 4.42 Å². The second-order valence-corrected chi connectivity index (χ2v) is 8.02. The van der Waals surface area contributed by atoms with Gasteiger partial charge in [-0.15, -0.1) is 0 Å². The molecule has 3 rings (SSSR count). The van der Waals surface area contributed by atoms with Crippen molar-refractivity contribution in [2.45, 2.75) is 18.0 Å². The van der Waals surface area contributed by atoms with E-state index in [0.29, 0.717) is 5.76 Å². The van der Waals surface area contributed by atoms with E-state index < -0.39 is 10.0 Å². The molecule has 0 radical (unpaired) electrons. The number of furan rings is 1. The molecule has 1 aromatic carbocycles. The van der Waals surface area contributed by atoms with Gasteiger partial charge in [0, 0.05) is 23.4 Å². The minimum Gasteiger partial charge on any atom is -0.468 e.